The van der Waals surface area contributed by atoms with E-state index in [2.05, 4.69) is 15.0 Å². The first-order chi connectivity index (χ1) is 13.9. The predicted molar refractivity (Wildman–Crippen MR) is 118 cm³/mol. The average molecular weight is 452 g/mol. The summed E-state index contributed by atoms with van der Waals surface area (Å²) >= 11 is 0. The van der Waals surface area contributed by atoms with Gasteiger partial charge in [0, 0.05) is 35.3 Å². The number of halogens is 2. The highest BCUT2D eigenvalue weighted by molar-refractivity contribution is 7.88. The van der Waals surface area contributed by atoms with Gasteiger partial charge in [0.1, 0.15) is 5.82 Å². The van der Waals surface area contributed by atoms with Crippen LogP contribution in [0.4, 0.5) is 4.39 Å². The van der Waals surface area contributed by atoms with Gasteiger partial charge in [-0.3, -0.25) is 4.98 Å². The van der Waals surface area contributed by atoms with Crippen molar-refractivity contribution in [2.45, 2.75) is 56.1 Å². The zero-order chi connectivity index (χ0) is 20.2. The minimum absolute atomic E-state index is 0. The van der Waals surface area contributed by atoms with Gasteiger partial charge in [-0.1, -0.05) is 18.2 Å². The van der Waals surface area contributed by atoms with E-state index in [1.807, 2.05) is 24.3 Å². The number of fused-ring (bicyclic) bond motifs is 2. The molecule has 8 heteroatoms. The summed E-state index contributed by atoms with van der Waals surface area (Å²) in [5, 5.41) is 3.51. The van der Waals surface area contributed by atoms with Crippen molar-refractivity contribution in [1.29, 1.82) is 0 Å². The summed E-state index contributed by atoms with van der Waals surface area (Å²) in [5.74, 6) is 0.582. The highest BCUT2D eigenvalue weighted by atomic mass is 35.5. The Morgan fingerprint density at radius 2 is 1.90 bits per heavy atom. The minimum Gasteiger partial charge on any atom is -0.309 e. The molecule has 0 radical (unpaired) electrons. The Labute approximate surface area is 183 Å². The van der Waals surface area contributed by atoms with Crippen LogP contribution in [0.5, 0.6) is 0 Å². The average Bonchev–Trinajstić information content (AvgIpc) is 3.48. The Bertz CT molecular complexity index is 1040. The van der Waals surface area contributed by atoms with Gasteiger partial charge in [0.05, 0.1) is 11.9 Å². The van der Waals surface area contributed by atoms with E-state index >= 15 is 4.39 Å². The van der Waals surface area contributed by atoms with Crippen LogP contribution in [0.1, 0.15) is 42.9 Å². The topological polar surface area (TPSA) is 71.1 Å². The van der Waals surface area contributed by atoms with Crippen LogP contribution in [-0.2, 0) is 16.4 Å². The van der Waals surface area contributed by atoms with Crippen molar-refractivity contribution < 1.29 is 12.8 Å². The number of pyridine rings is 1. The first-order valence-electron chi connectivity index (χ1n) is 10.4. The Morgan fingerprint density at radius 3 is 2.60 bits per heavy atom. The van der Waals surface area contributed by atoms with Crippen LogP contribution >= 0.6 is 12.4 Å². The standard InChI is InChI=1S/C22H26FN3O2S.ClH/c1-29(27,28)26-22-15-10-16(11-15)24-20(22)12-14-4-2-5-17(21(14)23)19-7-3-6-18(25-19)13-8-9-13;/h2-7,13,15-16,20,22,24,26H,8-12H2,1H3;1H/t15?,16?,20-,22-;/m0./s1. The number of sulfonamides is 1. The van der Waals surface area contributed by atoms with Crippen molar-refractivity contribution in [2.75, 3.05) is 6.26 Å². The SMILES string of the molecule is CS(=O)(=O)N[C@H]1C2CC(C2)N[C@H]1Cc1cccc(-c2cccc(C3CC3)n2)c1F.Cl. The van der Waals surface area contributed by atoms with Gasteiger partial charge in [-0.25, -0.2) is 17.5 Å². The van der Waals surface area contributed by atoms with Crippen molar-refractivity contribution >= 4 is 22.4 Å². The van der Waals surface area contributed by atoms with E-state index in [4.69, 9.17) is 0 Å². The fourth-order valence-corrected chi connectivity index (χ4v) is 5.67. The molecule has 2 atom stereocenters. The number of nitrogens with one attached hydrogen (secondary N) is 2. The smallest absolute Gasteiger partial charge is 0.209 e. The molecule has 0 spiro atoms. The van der Waals surface area contributed by atoms with Gasteiger partial charge in [-0.05, 0) is 61.8 Å². The summed E-state index contributed by atoms with van der Waals surface area (Å²) in [6.07, 6.45) is 5.90. The van der Waals surface area contributed by atoms with Crippen LogP contribution in [0.15, 0.2) is 36.4 Å². The molecule has 2 N–H and O–H groups in total. The van der Waals surface area contributed by atoms with E-state index < -0.39 is 10.0 Å². The van der Waals surface area contributed by atoms with Crippen LogP contribution in [0.2, 0.25) is 0 Å². The molecular weight excluding hydrogens is 425 g/mol. The van der Waals surface area contributed by atoms with Crippen LogP contribution in [0.25, 0.3) is 11.3 Å². The zero-order valence-electron chi connectivity index (χ0n) is 16.8. The normalized spacial score (nSPS) is 27.8. The maximum Gasteiger partial charge on any atom is 0.209 e. The number of rotatable bonds is 6. The maximum absolute atomic E-state index is 15.4. The number of hydrogen-bond acceptors (Lipinski definition) is 4. The van der Waals surface area contributed by atoms with Crippen LogP contribution in [0.3, 0.4) is 0 Å². The fourth-order valence-electron chi connectivity index (χ4n) is 4.82. The van der Waals surface area contributed by atoms with Gasteiger partial charge in [-0.2, -0.15) is 0 Å². The molecule has 5 nitrogen and oxygen atoms in total. The molecule has 1 aromatic heterocycles. The van der Waals surface area contributed by atoms with E-state index in [0.29, 0.717) is 41.1 Å². The summed E-state index contributed by atoms with van der Waals surface area (Å²) in [6.45, 7) is 0. The van der Waals surface area contributed by atoms with Gasteiger partial charge >= 0.3 is 0 Å². The van der Waals surface area contributed by atoms with Gasteiger partial charge in [-0.15, -0.1) is 12.4 Å². The minimum atomic E-state index is -3.32. The molecule has 162 valence electrons. The summed E-state index contributed by atoms with van der Waals surface area (Å²) in [4.78, 5) is 4.69. The lowest BCUT2D eigenvalue weighted by Gasteiger charge is -2.52. The Morgan fingerprint density at radius 1 is 1.17 bits per heavy atom. The second kappa shape index (κ2) is 8.19. The number of aromatic nitrogens is 1. The molecule has 4 fully saturated rings. The first kappa shape index (κ1) is 21.7. The van der Waals surface area contributed by atoms with Crippen LogP contribution in [-0.4, -0.2) is 37.8 Å². The molecule has 4 aliphatic rings. The number of hydrogen-bond donors (Lipinski definition) is 2. The molecule has 3 heterocycles. The molecule has 30 heavy (non-hydrogen) atoms. The summed E-state index contributed by atoms with van der Waals surface area (Å²) in [6, 6.07) is 11.3. The van der Waals surface area contributed by atoms with Crippen LogP contribution < -0.4 is 10.0 Å². The number of piperidine rings is 2. The molecule has 2 aromatic rings. The number of nitrogens with zero attached hydrogens (tertiary/aromatic N) is 1. The molecule has 1 aromatic carbocycles. The maximum atomic E-state index is 15.4. The first-order valence-corrected chi connectivity index (χ1v) is 12.2. The summed E-state index contributed by atoms with van der Waals surface area (Å²) < 4.78 is 41.9. The molecule has 0 unspecified atom stereocenters. The third-order valence-corrected chi connectivity index (χ3v) is 7.18. The molecule has 6 rings (SSSR count). The van der Waals surface area contributed by atoms with Gasteiger partial charge in [0.25, 0.3) is 0 Å². The zero-order valence-corrected chi connectivity index (χ0v) is 18.5. The molecule has 2 aliphatic heterocycles. The van der Waals surface area contributed by atoms with E-state index in [1.54, 1.807) is 12.1 Å². The van der Waals surface area contributed by atoms with Gasteiger partial charge < -0.3 is 5.32 Å². The van der Waals surface area contributed by atoms with Crippen molar-refractivity contribution in [1.82, 2.24) is 15.0 Å². The lowest BCUT2D eigenvalue weighted by molar-refractivity contribution is 0.0809. The highest BCUT2D eigenvalue weighted by Gasteiger charge is 2.46. The van der Waals surface area contributed by atoms with Gasteiger partial charge in [0.2, 0.25) is 10.0 Å². The van der Waals surface area contributed by atoms with Crippen molar-refractivity contribution in [3.63, 3.8) is 0 Å². The van der Waals surface area contributed by atoms with Crippen LogP contribution in [0, 0.1) is 11.7 Å². The molecule has 2 saturated heterocycles. The van der Waals surface area contributed by atoms with Crippen molar-refractivity contribution in [2.24, 2.45) is 5.92 Å². The monoisotopic (exact) mass is 451 g/mol. The Balaban J connectivity index is 0.00000218. The Hall–Kier alpha value is -1.54. The largest absolute Gasteiger partial charge is 0.309 e. The third-order valence-electron chi connectivity index (χ3n) is 6.48. The summed E-state index contributed by atoms with van der Waals surface area (Å²) in [5.41, 5.74) is 2.82. The molecule has 0 amide bonds. The van der Waals surface area contributed by atoms with E-state index in [-0.39, 0.29) is 30.3 Å². The molecule has 2 saturated carbocycles. The lowest BCUT2D eigenvalue weighted by atomic mass is 9.68. The Kier molecular flexibility index (Phi) is 5.92. The molecule has 2 aliphatic carbocycles. The second-order valence-corrected chi connectivity index (χ2v) is 10.6. The van der Waals surface area contributed by atoms with E-state index in [1.165, 1.54) is 6.26 Å². The quantitative estimate of drug-likeness (QED) is 0.706. The number of benzene rings is 1. The predicted octanol–water partition coefficient (Wildman–Crippen LogP) is 3.40. The van der Waals surface area contributed by atoms with E-state index in [9.17, 15) is 8.42 Å². The third kappa shape index (κ3) is 4.40. The molecule has 2 bridgehead atoms. The molecular formula is C22H27ClFN3O2S. The second-order valence-electron chi connectivity index (χ2n) is 8.82. The highest BCUT2D eigenvalue weighted by Crippen LogP contribution is 2.40. The van der Waals surface area contributed by atoms with E-state index in [0.717, 1.165) is 31.4 Å². The fraction of sp³-hybridized carbons (Fsp3) is 0.500. The van der Waals surface area contributed by atoms with Crippen molar-refractivity contribution in [3.8, 4) is 11.3 Å². The lowest BCUT2D eigenvalue weighted by Crippen LogP contribution is -2.67. The van der Waals surface area contributed by atoms with Gasteiger partial charge in [0.15, 0.2) is 0 Å². The van der Waals surface area contributed by atoms with Crippen molar-refractivity contribution in [3.05, 3.63) is 53.5 Å². The summed E-state index contributed by atoms with van der Waals surface area (Å²) in [7, 11) is -3.32.